The molecule has 0 aliphatic rings. The van der Waals surface area contributed by atoms with E-state index in [1.165, 1.54) is 6.07 Å². The van der Waals surface area contributed by atoms with Crippen molar-refractivity contribution in [1.29, 1.82) is 0 Å². The zero-order valence-corrected chi connectivity index (χ0v) is 10.9. The van der Waals surface area contributed by atoms with Crippen molar-refractivity contribution in [1.82, 2.24) is 0 Å². The summed E-state index contributed by atoms with van der Waals surface area (Å²) in [5.74, 6) is -1.18. The number of benzene rings is 1. The first kappa shape index (κ1) is 12.4. The van der Waals surface area contributed by atoms with Crippen LogP contribution in [0.25, 0.3) is 0 Å². The normalized spacial score (nSPS) is 11.3. The Balaban J connectivity index is 3.14. The molecule has 0 fully saturated rings. The maximum atomic E-state index is 11.0. The van der Waals surface area contributed by atoms with Gasteiger partial charge in [0.1, 0.15) is 0 Å². The average molecular weight is 340 g/mol. The van der Waals surface area contributed by atoms with Crippen LogP contribution >= 0.6 is 22.6 Å². The third-order valence-electron chi connectivity index (χ3n) is 1.69. The van der Waals surface area contributed by atoms with Gasteiger partial charge >= 0.3 is 5.97 Å². The van der Waals surface area contributed by atoms with E-state index in [0.717, 1.165) is 6.26 Å². The van der Waals surface area contributed by atoms with Crippen molar-refractivity contribution in [2.45, 2.75) is 5.75 Å². The Morgan fingerprint density at radius 1 is 1.47 bits per heavy atom. The fraction of sp³-hybridized carbons (Fsp3) is 0.222. The van der Waals surface area contributed by atoms with Crippen LogP contribution in [0.15, 0.2) is 18.2 Å². The van der Waals surface area contributed by atoms with E-state index in [0.29, 0.717) is 9.13 Å². The van der Waals surface area contributed by atoms with Crippen LogP contribution in [0.5, 0.6) is 0 Å². The fourth-order valence-corrected chi connectivity index (χ4v) is 2.48. The zero-order valence-electron chi connectivity index (χ0n) is 7.90. The van der Waals surface area contributed by atoms with Gasteiger partial charge in [-0.2, -0.15) is 0 Å². The van der Waals surface area contributed by atoms with E-state index in [1.807, 2.05) is 22.6 Å². The molecule has 0 unspecified atom stereocenters. The second-order valence-corrected chi connectivity index (χ2v) is 6.49. The van der Waals surface area contributed by atoms with E-state index in [9.17, 15) is 13.2 Å². The van der Waals surface area contributed by atoms with Crippen molar-refractivity contribution >= 4 is 38.4 Å². The molecule has 0 amide bonds. The molecule has 0 saturated carbocycles. The highest BCUT2D eigenvalue weighted by Crippen LogP contribution is 2.16. The average Bonchev–Trinajstić information content (AvgIpc) is 2.05. The first-order chi connectivity index (χ1) is 6.79. The van der Waals surface area contributed by atoms with Gasteiger partial charge in [0, 0.05) is 9.83 Å². The number of hydrogen-bond donors (Lipinski definition) is 1. The highest BCUT2D eigenvalue weighted by Gasteiger charge is 2.11. The molecule has 4 nitrogen and oxygen atoms in total. The lowest BCUT2D eigenvalue weighted by atomic mass is 10.1. The van der Waals surface area contributed by atoms with Gasteiger partial charge in [-0.15, -0.1) is 0 Å². The van der Waals surface area contributed by atoms with Crippen molar-refractivity contribution in [3.63, 3.8) is 0 Å². The second kappa shape index (κ2) is 4.48. The fourth-order valence-electron chi connectivity index (χ4n) is 1.13. The van der Waals surface area contributed by atoms with Gasteiger partial charge in [0.15, 0.2) is 9.84 Å². The molecule has 0 radical (unpaired) electrons. The van der Waals surface area contributed by atoms with Crippen LogP contribution in [0, 0.1) is 3.57 Å². The predicted molar refractivity (Wildman–Crippen MR) is 64.7 cm³/mol. The van der Waals surface area contributed by atoms with E-state index in [4.69, 9.17) is 5.11 Å². The minimum atomic E-state index is -3.13. The molecule has 0 heterocycles. The topological polar surface area (TPSA) is 71.4 Å². The number of aromatic carboxylic acids is 1. The van der Waals surface area contributed by atoms with Crippen molar-refractivity contribution < 1.29 is 18.3 Å². The van der Waals surface area contributed by atoms with Gasteiger partial charge in [-0.1, -0.05) is 6.07 Å². The van der Waals surface area contributed by atoms with E-state index >= 15 is 0 Å². The first-order valence-corrected chi connectivity index (χ1v) is 7.13. The van der Waals surface area contributed by atoms with Gasteiger partial charge < -0.3 is 5.11 Å². The molecule has 0 aliphatic heterocycles. The zero-order chi connectivity index (χ0) is 11.6. The maximum Gasteiger partial charge on any atom is 0.336 e. The molecule has 0 aliphatic carbocycles. The number of carbonyl (C=O) groups is 1. The first-order valence-electron chi connectivity index (χ1n) is 3.99. The van der Waals surface area contributed by atoms with E-state index in [2.05, 4.69) is 0 Å². The Kier molecular flexibility index (Phi) is 3.72. The van der Waals surface area contributed by atoms with Crippen LogP contribution in [0.4, 0.5) is 0 Å². The van der Waals surface area contributed by atoms with Crippen LogP contribution in [0.3, 0.4) is 0 Å². The van der Waals surface area contributed by atoms with Crippen molar-refractivity contribution in [2.75, 3.05) is 6.26 Å². The second-order valence-electron chi connectivity index (χ2n) is 3.19. The van der Waals surface area contributed by atoms with Gasteiger partial charge in [-0.05, 0) is 40.3 Å². The van der Waals surface area contributed by atoms with E-state index < -0.39 is 15.8 Å². The lowest BCUT2D eigenvalue weighted by Crippen LogP contribution is -2.04. The van der Waals surface area contributed by atoms with E-state index in [-0.39, 0.29) is 11.3 Å². The number of carboxylic acid groups (broad SMARTS) is 1. The van der Waals surface area contributed by atoms with Crippen molar-refractivity contribution in [3.8, 4) is 0 Å². The molecule has 1 N–H and O–H groups in total. The molecule has 0 saturated heterocycles. The number of halogens is 1. The minimum absolute atomic E-state index is 0.135. The van der Waals surface area contributed by atoms with E-state index in [1.54, 1.807) is 12.1 Å². The Bertz CT molecular complexity index is 493. The predicted octanol–water partition coefficient (Wildman–Crippen LogP) is 1.53. The van der Waals surface area contributed by atoms with Crippen molar-refractivity contribution in [3.05, 3.63) is 32.9 Å². The third-order valence-corrected chi connectivity index (χ3v) is 3.49. The highest BCUT2D eigenvalue weighted by atomic mass is 127. The molecule has 82 valence electrons. The Hall–Kier alpha value is -0.630. The summed E-state index contributed by atoms with van der Waals surface area (Å²) in [6.45, 7) is 0. The van der Waals surface area contributed by atoms with Gasteiger partial charge in [-0.3, -0.25) is 0 Å². The molecule has 6 heteroatoms. The van der Waals surface area contributed by atoms with Crippen LogP contribution < -0.4 is 0 Å². The number of rotatable bonds is 3. The third kappa shape index (κ3) is 3.78. The summed E-state index contributed by atoms with van der Waals surface area (Å²) in [5, 5.41) is 8.83. The van der Waals surface area contributed by atoms with Gasteiger partial charge in [0.2, 0.25) is 0 Å². The molecule has 0 atom stereocenters. The van der Waals surface area contributed by atoms with Gasteiger partial charge in [0.05, 0.1) is 11.3 Å². The molecule has 0 bridgehead atoms. The molecule has 0 aromatic heterocycles. The summed E-state index contributed by atoms with van der Waals surface area (Å²) in [6, 6.07) is 4.62. The SMILES string of the molecule is CS(=O)(=O)Cc1ccc(I)c(C(=O)O)c1. The molecule has 1 aromatic carbocycles. The number of sulfone groups is 1. The lowest BCUT2D eigenvalue weighted by Gasteiger charge is -2.03. The smallest absolute Gasteiger partial charge is 0.336 e. The Morgan fingerprint density at radius 2 is 2.07 bits per heavy atom. The van der Waals surface area contributed by atoms with Gasteiger partial charge in [0.25, 0.3) is 0 Å². The van der Waals surface area contributed by atoms with Gasteiger partial charge in [-0.25, -0.2) is 13.2 Å². The number of carboxylic acids is 1. The quantitative estimate of drug-likeness (QED) is 0.848. The molecular formula is C9H9IO4S. The summed E-state index contributed by atoms with van der Waals surface area (Å²) >= 11 is 1.90. The summed E-state index contributed by atoms with van der Waals surface area (Å²) in [5.41, 5.74) is 0.632. The summed E-state index contributed by atoms with van der Waals surface area (Å²) in [4.78, 5) is 10.8. The largest absolute Gasteiger partial charge is 0.478 e. The van der Waals surface area contributed by atoms with Crippen LogP contribution in [-0.2, 0) is 15.6 Å². The lowest BCUT2D eigenvalue weighted by molar-refractivity contribution is 0.0695. The highest BCUT2D eigenvalue weighted by molar-refractivity contribution is 14.1. The molecule has 15 heavy (non-hydrogen) atoms. The molecule has 1 aromatic rings. The van der Waals surface area contributed by atoms with Crippen LogP contribution in [-0.4, -0.2) is 25.7 Å². The summed E-state index contributed by atoms with van der Waals surface area (Å²) in [6.07, 6.45) is 1.12. The minimum Gasteiger partial charge on any atom is -0.478 e. The standard InChI is InChI=1S/C9H9IO4S/c1-15(13,14)5-6-2-3-8(10)7(4-6)9(11)12/h2-4H,5H2,1H3,(H,11,12). The Labute approximate surface area is 101 Å². The van der Waals surface area contributed by atoms with Crippen LogP contribution in [0.2, 0.25) is 0 Å². The maximum absolute atomic E-state index is 11.0. The molecular weight excluding hydrogens is 331 g/mol. The van der Waals surface area contributed by atoms with Crippen LogP contribution in [0.1, 0.15) is 15.9 Å². The summed E-state index contributed by atoms with van der Waals surface area (Å²) in [7, 11) is -3.13. The van der Waals surface area contributed by atoms with Crippen molar-refractivity contribution in [2.24, 2.45) is 0 Å². The number of hydrogen-bond acceptors (Lipinski definition) is 3. The Morgan fingerprint density at radius 3 is 2.53 bits per heavy atom. The molecule has 1 rings (SSSR count). The summed E-state index contributed by atoms with van der Waals surface area (Å²) < 4.78 is 22.6. The molecule has 0 spiro atoms. The monoisotopic (exact) mass is 340 g/mol.